The highest BCUT2D eigenvalue weighted by Gasteiger charge is 2.25. The Bertz CT molecular complexity index is 712. The lowest BCUT2D eigenvalue weighted by Crippen LogP contribution is -2.35. The fourth-order valence-electron chi connectivity index (χ4n) is 2.98. The molecule has 0 bridgehead atoms. The summed E-state index contributed by atoms with van der Waals surface area (Å²) in [4.78, 5) is 21.0. The lowest BCUT2D eigenvalue weighted by molar-refractivity contribution is 0.0732. The topological polar surface area (TPSA) is 49.6 Å². The number of amides is 1. The third-order valence-corrected chi connectivity index (χ3v) is 4.31. The van der Waals surface area contributed by atoms with E-state index >= 15 is 0 Å². The lowest BCUT2D eigenvalue weighted by Gasteiger charge is -2.23. The normalized spacial score (nSPS) is 15.5. The number of oxazole rings is 1. The van der Waals surface area contributed by atoms with Crippen molar-refractivity contribution < 1.29 is 13.6 Å². The second-order valence-corrected chi connectivity index (χ2v) is 5.98. The van der Waals surface area contributed by atoms with Gasteiger partial charge in [-0.25, -0.2) is 9.37 Å². The minimum absolute atomic E-state index is 0.0966. The molecule has 24 heavy (non-hydrogen) atoms. The summed E-state index contributed by atoms with van der Waals surface area (Å²) in [6.07, 6.45) is 1.53. The van der Waals surface area contributed by atoms with Gasteiger partial charge in [-0.15, -0.1) is 0 Å². The van der Waals surface area contributed by atoms with E-state index in [4.69, 9.17) is 4.42 Å². The van der Waals surface area contributed by atoms with E-state index in [-0.39, 0.29) is 11.7 Å². The van der Waals surface area contributed by atoms with E-state index in [1.807, 2.05) is 11.8 Å². The molecule has 128 valence electrons. The molecule has 2 heterocycles. The molecule has 0 spiro atoms. The van der Waals surface area contributed by atoms with Gasteiger partial charge in [0.05, 0.1) is 5.69 Å². The third kappa shape index (κ3) is 3.42. The lowest BCUT2D eigenvalue weighted by atomic mass is 10.2. The molecule has 0 N–H and O–H groups in total. The summed E-state index contributed by atoms with van der Waals surface area (Å²) in [5.41, 5.74) is 1.63. The van der Waals surface area contributed by atoms with Crippen LogP contribution >= 0.6 is 0 Å². The number of hydrogen-bond donors (Lipinski definition) is 0. The van der Waals surface area contributed by atoms with Gasteiger partial charge in [-0.2, -0.15) is 0 Å². The summed E-state index contributed by atoms with van der Waals surface area (Å²) in [7, 11) is 0. The van der Waals surface area contributed by atoms with E-state index in [1.165, 1.54) is 12.1 Å². The maximum Gasteiger partial charge on any atom is 0.291 e. The zero-order valence-corrected chi connectivity index (χ0v) is 14.1. The Labute approximate surface area is 141 Å². The molecule has 3 rings (SSSR count). The number of hydrogen-bond acceptors (Lipinski definition) is 4. The first-order chi connectivity index (χ1) is 11.6. The SMILES string of the molecule is CCc1nc(C)c(C(=O)N2CCCN(c3ccc(F)cc3)CC2)o1. The molecule has 2 aromatic rings. The molecule has 1 amide bonds. The van der Waals surface area contributed by atoms with Crippen LogP contribution in [0.15, 0.2) is 28.7 Å². The Kier molecular flexibility index (Phi) is 4.83. The van der Waals surface area contributed by atoms with Gasteiger partial charge >= 0.3 is 0 Å². The summed E-state index contributed by atoms with van der Waals surface area (Å²) < 4.78 is 18.7. The summed E-state index contributed by atoms with van der Waals surface area (Å²) >= 11 is 0. The van der Waals surface area contributed by atoms with Crippen LogP contribution in [-0.2, 0) is 6.42 Å². The van der Waals surface area contributed by atoms with Gasteiger partial charge in [-0.05, 0) is 37.6 Å². The summed E-state index contributed by atoms with van der Waals surface area (Å²) in [6.45, 7) is 6.59. The number of aryl methyl sites for hydroxylation is 2. The molecule has 0 saturated carbocycles. The predicted molar refractivity (Wildman–Crippen MR) is 89.8 cm³/mol. The first-order valence-electron chi connectivity index (χ1n) is 8.34. The molecule has 1 aromatic heterocycles. The first-order valence-corrected chi connectivity index (χ1v) is 8.34. The highest BCUT2D eigenvalue weighted by atomic mass is 19.1. The molecule has 0 unspecified atom stereocenters. The number of halogens is 1. The molecule has 0 aliphatic carbocycles. The molecular weight excluding hydrogens is 309 g/mol. The average molecular weight is 331 g/mol. The zero-order chi connectivity index (χ0) is 17.1. The van der Waals surface area contributed by atoms with Crippen molar-refractivity contribution in [3.8, 4) is 0 Å². The number of carbonyl (C=O) groups is 1. The molecule has 6 heteroatoms. The number of nitrogens with zero attached hydrogens (tertiary/aromatic N) is 3. The second-order valence-electron chi connectivity index (χ2n) is 5.98. The molecule has 1 fully saturated rings. The van der Waals surface area contributed by atoms with Crippen molar-refractivity contribution in [3.05, 3.63) is 47.4 Å². The van der Waals surface area contributed by atoms with E-state index in [0.29, 0.717) is 43.4 Å². The van der Waals surface area contributed by atoms with Crippen molar-refractivity contribution in [2.45, 2.75) is 26.7 Å². The van der Waals surface area contributed by atoms with Crippen molar-refractivity contribution >= 4 is 11.6 Å². The van der Waals surface area contributed by atoms with Crippen LogP contribution in [0, 0.1) is 12.7 Å². The maximum absolute atomic E-state index is 13.1. The van der Waals surface area contributed by atoms with Crippen LogP contribution in [0.2, 0.25) is 0 Å². The van der Waals surface area contributed by atoms with Crippen LogP contribution in [0.5, 0.6) is 0 Å². The van der Waals surface area contributed by atoms with Crippen LogP contribution in [0.1, 0.15) is 35.5 Å². The van der Waals surface area contributed by atoms with Crippen LogP contribution < -0.4 is 4.90 Å². The van der Waals surface area contributed by atoms with Crippen molar-refractivity contribution in [2.24, 2.45) is 0 Å². The molecule has 1 aromatic carbocycles. The molecule has 1 aliphatic rings. The molecule has 5 nitrogen and oxygen atoms in total. The highest BCUT2D eigenvalue weighted by Crippen LogP contribution is 2.19. The van der Waals surface area contributed by atoms with Gasteiger partial charge in [0.15, 0.2) is 5.89 Å². The van der Waals surface area contributed by atoms with Crippen molar-refractivity contribution in [1.82, 2.24) is 9.88 Å². The zero-order valence-electron chi connectivity index (χ0n) is 14.1. The van der Waals surface area contributed by atoms with E-state index < -0.39 is 0 Å². The fourth-order valence-corrected chi connectivity index (χ4v) is 2.98. The van der Waals surface area contributed by atoms with Gasteiger partial charge in [-0.3, -0.25) is 4.79 Å². The summed E-state index contributed by atoms with van der Waals surface area (Å²) in [6, 6.07) is 6.49. The standard InChI is InChI=1S/C18H22FN3O2/c1-3-16-20-13(2)17(24-16)18(23)22-10-4-9-21(11-12-22)15-7-5-14(19)6-8-15/h5-8H,3-4,9-12H2,1-2H3. The van der Waals surface area contributed by atoms with Gasteiger partial charge < -0.3 is 14.2 Å². The van der Waals surface area contributed by atoms with Crippen LogP contribution in [0.3, 0.4) is 0 Å². The van der Waals surface area contributed by atoms with Crippen LogP contribution in [0.4, 0.5) is 10.1 Å². The molecule has 1 saturated heterocycles. The van der Waals surface area contributed by atoms with Gasteiger partial charge in [0, 0.05) is 38.3 Å². The first kappa shape index (κ1) is 16.5. The number of benzene rings is 1. The number of anilines is 1. The number of aromatic nitrogens is 1. The van der Waals surface area contributed by atoms with Crippen LogP contribution in [-0.4, -0.2) is 42.0 Å². The smallest absolute Gasteiger partial charge is 0.291 e. The Morgan fingerprint density at radius 3 is 2.62 bits per heavy atom. The second kappa shape index (κ2) is 7.03. The molecule has 0 radical (unpaired) electrons. The molecular formula is C18H22FN3O2. The molecule has 1 aliphatic heterocycles. The van der Waals surface area contributed by atoms with Gasteiger partial charge in [-0.1, -0.05) is 6.92 Å². The summed E-state index contributed by atoms with van der Waals surface area (Å²) in [5, 5.41) is 0. The fraction of sp³-hybridized carbons (Fsp3) is 0.444. The van der Waals surface area contributed by atoms with Gasteiger partial charge in [0.25, 0.3) is 5.91 Å². The number of carbonyl (C=O) groups excluding carboxylic acids is 1. The Morgan fingerprint density at radius 2 is 1.96 bits per heavy atom. The van der Waals surface area contributed by atoms with E-state index in [0.717, 1.165) is 18.7 Å². The van der Waals surface area contributed by atoms with Crippen molar-refractivity contribution in [2.75, 3.05) is 31.1 Å². The minimum Gasteiger partial charge on any atom is -0.435 e. The number of rotatable bonds is 3. The monoisotopic (exact) mass is 331 g/mol. The minimum atomic E-state index is -0.238. The van der Waals surface area contributed by atoms with Crippen molar-refractivity contribution in [3.63, 3.8) is 0 Å². The summed E-state index contributed by atoms with van der Waals surface area (Å²) in [5.74, 6) is 0.610. The Morgan fingerprint density at radius 1 is 1.21 bits per heavy atom. The Balaban J connectivity index is 1.69. The average Bonchev–Trinajstić information content (AvgIpc) is 2.81. The van der Waals surface area contributed by atoms with E-state index in [1.54, 1.807) is 19.1 Å². The van der Waals surface area contributed by atoms with E-state index in [9.17, 15) is 9.18 Å². The van der Waals surface area contributed by atoms with Gasteiger partial charge in [0.1, 0.15) is 5.82 Å². The maximum atomic E-state index is 13.1. The van der Waals surface area contributed by atoms with Crippen LogP contribution in [0.25, 0.3) is 0 Å². The van der Waals surface area contributed by atoms with Gasteiger partial charge in [0.2, 0.25) is 5.76 Å². The van der Waals surface area contributed by atoms with Crippen molar-refractivity contribution in [1.29, 1.82) is 0 Å². The quantitative estimate of drug-likeness (QED) is 0.867. The predicted octanol–water partition coefficient (Wildman–Crippen LogP) is 3.04. The molecule has 0 atom stereocenters. The Hall–Kier alpha value is -2.37. The largest absolute Gasteiger partial charge is 0.435 e. The highest BCUT2D eigenvalue weighted by molar-refractivity contribution is 5.92. The van der Waals surface area contributed by atoms with E-state index in [2.05, 4.69) is 9.88 Å². The third-order valence-electron chi connectivity index (χ3n) is 4.31.